The summed E-state index contributed by atoms with van der Waals surface area (Å²) in [7, 11) is 0. The summed E-state index contributed by atoms with van der Waals surface area (Å²) in [6.07, 6.45) is 1.26. The van der Waals surface area contributed by atoms with Gasteiger partial charge in [-0.3, -0.25) is 4.79 Å². The van der Waals surface area contributed by atoms with E-state index in [0.29, 0.717) is 5.92 Å². The molecule has 1 aliphatic rings. The average Bonchev–Trinajstić information content (AvgIpc) is 2.03. The molecule has 76 valence electrons. The number of hydrogen-bond donors (Lipinski definition) is 1. The summed E-state index contributed by atoms with van der Waals surface area (Å²) in [6.45, 7) is 6.59. The van der Waals surface area contributed by atoms with Crippen molar-refractivity contribution in [3.63, 3.8) is 0 Å². The molecule has 1 N–H and O–H groups in total. The van der Waals surface area contributed by atoms with Gasteiger partial charge in [-0.15, -0.1) is 0 Å². The first kappa shape index (κ1) is 10.5. The summed E-state index contributed by atoms with van der Waals surface area (Å²) in [4.78, 5) is 13.3. The molecular weight excluding hydrogens is 166 g/mol. The number of amides is 1. The summed E-state index contributed by atoms with van der Waals surface area (Å²) >= 11 is 0. The maximum absolute atomic E-state index is 11.5. The molecule has 0 saturated carbocycles. The van der Waals surface area contributed by atoms with E-state index >= 15 is 0 Å². The van der Waals surface area contributed by atoms with Gasteiger partial charge in [0.25, 0.3) is 5.91 Å². The number of aliphatic hydroxyl groups is 1. The molecule has 0 radical (unpaired) electrons. The second-order valence-electron chi connectivity index (χ2n) is 4.19. The van der Waals surface area contributed by atoms with Crippen LogP contribution in [0, 0.1) is 5.92 Å². The second kappa shape index (κ2) is 4.09. The van der Waals surface area contributed by atoms with Crippen molar-refractivity contribution in [2.24, 2.45) is 5.92 Å². The summed E-state index contributed by atoms with van der Waals surface area (Å²) in [5.74, 6) is 0.576. The van der Waals surface area contributed by atoms with Gasteiger partial charge in [-0.05, 0) is 32.6 Å². The molecule has 0 aromatic heterocycles. The highest BCUT2D eigenvalue weighted by molar-refractivity contribution is 5.80. The van der Waals surface area contributed by atoms with E-state index in [0.717, 1.165) is 19.4 Å². The van der Waals surface area contributed by atoms with Crippen LogP contribution in [0.25, 0.3) is 0 Å². The third-order valence-electron chi connectivity index (χ3n) is 2.78. The lowest BCUT2D eigenvalue weighted by Crippen LogP contribution is -2.47. The minimum atomic E-state index is -0.851. The molecule has 0 aromatic rings. The van der Waals surface area contributed by atoms with Crippen molar-refractivity contribution in [1.82, 2.24) is 4.90 Å². The highest BCUT2D eigenvalue weighted by atomic mass is 16.3. The van der Waals surface area contributed by atoms with Crippen LogP contribution in [0.2, 0.25) is 0 Å². The van der Waals surface area contributed by atoms with Crippen LogP contribution >= 0.6 is 0 Å². The SMILES string of the molecule is CC(O)C(=O)N1CC[C@H](C)C[C@@H]1C. The summed E-state index contributed by atoms with van der Waals surface area (Å²) in [5, 5.41) is 9.17. The highest BCUT2D eigenvalue weighted by Gasteiger charge is 2.28. The summed E-state index contributed by atoms with van der Waals surface area (Å²) in [5.41, 5.74) is 0. The van der Waals surface area contributed by atoms with Crippen LogP contribution in [-0.4, -0.2) is 34.6 Å². The van der Waals surface area contributed by atoms with Gasteiger partial charge in [0.05, 0.1) is 0 Å². The lowest BCUT2D eigenvalue weighted by molar-refractivity contribution is -0.143. The molecule has 1 saturated heterocycles. The zero-order valence-corrected chi connectivity index (χ0v) is 8.66. The Kier molecular flexibility index (Phi) is 3.31. The molecule has 1 heterocycles. The third-order valence-corrected chi connectivity index (χ3v) is 2.78. The van der Waals surface area contributed by atoms with Gasteiger partial charge < -0.3 is 10.0 Å². The van der Waals surface area contributed by atoms with Crippen molar-refractivity contribution in [2.75, 3.05) is 6.54 Å². The quantitative estimate of drug-likeness (QED) is 0.662. The van der Waals surface area contributed by atoms with Crippen LogP contribution < -0.4 is 0 Å². The normalized spacial score (nSPS) is 31.5. The van der Waals surface area contributed by atoms with Gasteiger partial charge >= 0.3 is 0 Å². The Hall–Kier alpha value is -0.570. The molecule has 0 aliphatic carbocycles. The van der Waals surface area contributed by atoms with Gasteiger partial charge in [0, 0.05) is 12.6 Å². The highest BCUT2D eigenvalue weighted by Crippen LogP contribution is 2.22. The van der Waals surface area contributed by atoms with E-state index in [9.17, 15) is 4.79 Å². The van der Waals surface area contributed by atoms with Crippen LogP contribution in [0.1, 0.15) is 33.6 Å². The zero-order valence-electron chi connectivity index (χ0n) is 8.66. The van der Waals surface area contributed by atoms with Crippen LogP contribution in [0.5, 0.6) is 0 Å². The fraction of sp³-hybridized carbons (Fsp3) is 0.900. The average molecular weight is 185 g/mol. The molecule has 0 bridgehead atoms. The van der Waals surface area contributed by atoms with Crippen LogP contribution in [0.4, 0.5) is 0 Å². The molecule has 3 nitrogen and oxygen atoms in total. The molecule has 3 atom stereocenters. The Morgan fingerprint density at radius 1 is 1.54 bits per heavy atom. The molecule has 1 amide bonds. The first-order valence-corrected chi connectivity index (χ1v) is 5.01. The Morgan fingerprint density at radius 3 is 2.62 bits per heavy atom. The lowest BCUT2D eigenvalue weighted by atomic mass is 9.93. The minimum Gasteiger partial charge on any atom is -0.384 e. The minimum absolute atomic E-state index is 0.126. The lowest BCUT2D eigenvalue weighted by Gasteiger charge is -2.37. The molecule has 1 rings (SSSR count). The van der Waals surface area contributed by atoms with Gasteiger partial charge in [0.1, 0.15) is 6.10 Å². The van der Waals surface area contributed by atoms with E-state index in [-0.39, 0.29) is 11.9 Å². The topological polar surface area (TPSA) is 40.5 Å². The predicted octanol–water partition coefficient (Wildman–Crippen LogP) is 1.01. The molecule has 1 fully saturated rings. The van der Waals surface area contributed by atoms with E-state index in [2.05, 4.69) is 13.8 Å². The molecule has 1 aliphatic heterocycles. The van der Waals surface area contributed by atoms with Crippen LogP contribution in [-0.2, 0) is 4.79 Å². The Labute approximate surface area is 79.7 Å². The Bertz CT molecular complexity index is 191. The van der Waals surface area contributed by atoms with E-state index in [1.807, 2.05) is 0 Å². The number of rotatable bonds is 1. The maximum atomic E-state index is 11.5. The fourth-order valence-corrected chi connectivity index (χ4v) is 1.97. The smallest absolute Gasteiger partial charge is 0.251 e. The monoisotopic (exact) mass is 185 g/mol. The van der Waals surface area contributed by atoms with Crippen molar-refractivity contribution >= 4 is 5.91 Å². The van der Waals surface area contributed by atoms with Crippen molar-refractivity contribution in [1.29, 1.82) is 0 Å². The fourth-order valence-electron chi connectivity index (χ4n) is 1.97. The van der Waals surface area contributed by atoms with Gasteiger partial charge in [-0.2, -0.15) is 0 Å². The predicted molar refractivity (Wildman–Crippen MR) is 51.3 cm³/mol. The molecule has 0 spiro atoms. The standard InChI is InChI=1S/C10H19NO2/c1-7-4-5-11(8(2)6-7)10(13)9(3)12/h7-9,12H,4-6H2,1-3H3/t7-,8-,9?/m0/s1. The molecule has 3 heteroatoms. The van der Waals surface area contributed by atoms with Gasteiger partial charge in [0.15, 0.2) is 0 Å². The van der Waals surface area contributed by atoms with Gasteiger partial charge in [-0.25, -0.2) is 0 Å². The number of likely N-dealkylation sites (tertiary alicyclic amines) is 1. The number of nitrogens with zero attached hydrogens (tertiary/aromatic N) is 1. The van der Waals surface area contributed by atoms with Crippen molar-refractivity contribution < 1.29 is 9.90 Å². The van der Waals surface area contributed by atoms with Gasteiger partial charge in [-0.1, -0.05) is 6.92 Å². The summed E-state index contributed by atoms with van der Waals surface area (Å²) in [6, 6.07) is 0.283. The van der Waals surface area contributed by atoms with Crippen LogP contribution in [0.3, 0.4) is 0 Å². The number of aliphatic hydroxyl groups excluding tert-OH is 1. The Balaban J connectivity index is 2.56. The number of piperidine rings is 1. The van der Waals surface area contributed by atoms with Crippen molar-refractivity contribution in [3.05, 3.63) is 0 Å². The molecule has 0 aromatic carbocycles. The van der Waals surface area contributed by atoms with Crippen molar-refractivity contribution in [2.45, 2.75) is 45.8 Å². The number of carbonyl (C=O) groups is 1. The second-order valence-corrected chi connectivity index (χ2v) is 4.19. The zero-order chi connectivity index (χ0) is 10.0. The first-order valence-electron chi connectivity index (χ1n) is 5.01. The number of hydrogen-bond acceptors (Lipinski definition) is 2. The van der Waals surface area contributed by atoms with Crippen LogP contribution in [0.15, 0.2) is 0 Å². The van der Waals surface area contributed by atoms with E-state index < -0.39 is 6.10 Å². The van der Waals surface area contributed by atoms with E-state index in [4.69, 9.17) is 5.11 Å². The molecule has 13 heavy (non-hydrogen) atoms. The van der Waals surface area contributed by atoms with Crippen molar-refractivity contribution in [3.8, 4) is 0 Å². The van der Waals surface area contributed by atoms with E-state index in [1.54, 1.807) is 4.90 Å². The third kappa shape index (κ3) is 2.44. The first-order chi connectivity index (χ1) is 6.02. The Morgan fingerprint density at radius 2 is 2.15 bits per heavy atom. The number of carbonyl (C=O) groups excluding carboxylic acids is 1. The molecular formula is C10H19NO2. The largest absolute Gasteiger partial charge is 0.384 e. The van der Waals surface area contributed by atoms with Gasteiger partial charge in [0.2, 0.25) is 0 Å². The molecule has 1 unspecified atom stereocenters. The van der Waals surface area contributed by atoms with E-state index in [1.165, 1.54) is 6.92 Å². The maximum Gasteiger partial charge on any atom is 0.251 e. The summed E-state index contributed by atoms with van der Waals surface area (Å²) < 4.78 is 0.